The van der Waals surface area contributed by atoms with Gasteiger partial charge in [-0.1, -0.05) is 0 Å². The minimum absolute atomic E-state index is 0.00106. The zero-order valence-electron chi connectivity index (χ0n) is 10.3. The van der Waals surface area contributed by atoms with Crippen LogP contribution in [0.15, 0.2) is 10.8 Å². The lowest BCUT2D eigenvalue weighted by atomic mass is 10.1. The smallest absolute Gasteiger partial charge is 0.305 e. The fourth-order valence-corrected chi connectivity index (χ4v) is 2.37. The predicted molar refractivity (Wildman–Crippen MR) is 67.5 cm³/mol. The molecule has 1 heterocycles. The second kappa shape index (κ2) is 5.82. The number of carbonyl (C=O) groups is 2. The van der Waals surface area contributed by atoms with Crippen molar-refractivity contribution in [2.45, 2.75) is 33.2 Å². The van der Waals surface area contributed by atoms with Crippen LogP contribution in [0.2, 0.25) is 0 Å². The first-order valence-electron chi connectivity index (χ1n) is 5.49. The Morgan fingerprint density at radius 1 is 1.41 bits per heavy atom. The average molecular weight is 255 g/mol. The van der Waals surface area contributed by atoms with Crippen LogP contribution in [0.25, 0.3) is 0 Å². The lowest BCUT2D eigenvalue weighted by Crippen LogP contribution is -2.38. The van der Waals surface area contributed by atoms with Gasteiger partial charge in [-0.3, -0.25) is 9.59 Å². The molecule has 4 nitrogen and oxygen atoms in total. The number of hydrogen-bond donors (Lipinski definition) is 1. The minimum Gasteiger partial charge on any atom is -0.481 e. The first-order chi connectivity index (χ1) is 7.93. The van der Waals surface area contributed by atoms with Crippen molar-refractivity contribution in [3.05, 3.63) is 21.9 Å². The number of thiophene rings is 1. The number of carbonyl (C=O) groups excluding carboxylic acids is 1. The normalized spacial score (nSPS) is 10.6. The molecule has 0 aromatic carbocycles. The van der Waals surface area contributed by atoms with Gasteiger partial charge in [0.25, 0.3) is 5.91 Å². The zero-order valence-corrected chi connectivity index (χ0v) is 11.1. The SMILES string of the molecule is Cc1cscc1C(=O)N(CCC(=O)O)C(C)C. The molecule has 0 atom stereocenters. The molecule has 1 aromatic rings. The molecule has 0 unspecified atom stereocenters. The van der Waals surface area contributed by atoms with Crippen molar-refractivity contribution in [3.63, 3.8) is 0 Å². The second-order valence-corrected chi connectivity index (χ2v) is 4.95. The van der Waals surface area contributed by atoms with Gasteiger partial charge in [0, 0.05) is 18.0 Å². The monoisotopic (exact) mass is 255 g/mol. The minimum atomic E-state index is -0.884. The Balaban J connectivity index is 2.81. The highest BCUT2D eigenvalue weighted by Crippen LogP contribution is 2.17. The summed E-state index contributed by atoms with van der Waals surface area (Å²) in [6.45, 7) is 5.92. The molecule has 94 valence electrons. The summed E-state index contributed by atoms with van der Waals surface area (Å²) in [6, 6.07) is 0.00106. The number of carboxylic acids is 1. The molecule has 0 radical (unpaired) electrons. The van der Waals surface area contributed by atoms with Crippen molar-refractivity contribution in [1.29, 1.82) is 0 Å². The maximum atomic E-state index is 12.2. The Hall–Kier alpha value is -1.36. The fraction of sp³-hybridized carbons (Fsp3) is 0.500. The molecule has 1 aromatic heterocycles. The first kappa shape index (κ1) is 13.7. The van der Waals surface area contributed by atoms with Crippen LogP contribution in [0.3, 0.4) is 0 Å². The molecule has 0 aliphatic carbocycles. The number of aryl methyl sites for hydroxylation is 1. The topological polar surface area (TPSA) is 57.6 Å². The van der Waals surface area contributed by atoms with E-state index in [1.54, 1.807) is 4.90 Å². The van der Waals surface area contributed by atoms with Crippen LogP contribution >= 0.6 is 11.3 Å². The maximum absolute atomic E-state index is 12.2. The second-order valence-electron chi connectivity index (χ2n) is 4.20. The summed E-state index contributed by atoms with van der Waals surface area (Å²) < 4.78 is 0. The molecule has 0 bridgehead atoms. The van der Waals surface area contributed by atoms with Crippen molar-refractivity contribution in [2.24, 2.45) is 0 Å². The highest BCUT2D eigenvalue weighted by atomic mass is 32.1. The molecule has 1 N–H and O–H groups in total. The molecule has 0 saturated carbocycles. The van der Waals surface area contributed by atoms with E-state index in [1.807, 2.05) is 31.5 Å². The van der Waals surface area contributed by atoms with Gasteiger partial charge < -0.3 is 10.0 Å². The van der Waals surface area contributed by atoms with Crippen LogP contribution in [0.1, 0.15) is 36.2 Å². The Labute approximate surface area is 105 Å². The Morgan fingerprint density at radius 3 is 2.47 bits per heavy atom. The van der Waals surface area contributed by atoms with Gasteiger partial charge in [0.2, 0.25) is 0 Å². The molecule has 5 heteroatoms. The van der Waals surface area contributed by atoms with E-state index < -0.39 is 5.97 Å². The van der Waals surface area contributed by atoms with E-state index in [2.05, 4.69) is 0 Å². The maximum Gasteiger partial charge on any atom is 0.305 e. The van der Waals surface area contributed by atoms with Gasteiger partial charge in [-0.25, -0.2) is 0 Å². The molecule has 0 aliphatic rings. The number of rotatable bonds is 5. The van der Waals surface area contributed by atoms with Gasteiger partial charge in [-0.05, 0) is 31.7 Å². The van der Waals surface area contributed by atoms with E-state index in [-0.39, 0.29) is 24.9 Å². The number of carboxylic acid groups (broad SMARTS) is 1. The number of aliphatic carboxylic acids is 1. The van der Waals surface area contributed by atoms with Crippen molar-refractivity contribution in [2.75, 3.05) is 6.54 Å². The van der Waals surface area contributed by atoms with Crippen LogP contribution in [-0.4, -0.2) is 34.5 Å². The molecular formula is C12H17NO3S. The van der Waals surface area contributed by atoms with Crippen LogP contribution in [-0.2, 0) is 4.79 Å². The van der Waals surface area contributed by atoms with Crippen molar-refractivity contribution in [3.8, 4) is 0 Å². The van der Waals surface area contributed by atoms with Crippen molar-refractivity contribution in [1.82, 2.24) is 4.90 Å². The third-order valence-corrected chi connectivity index (χ3v) is 3.40. The molecule has 0 aliphatic heterocycles. The van der Waals surface area contributed by atoms with E-state index in [0.29, 0.717) is 5.56 Å². The quantitative estimate of drug-likeness (QED) is 0.878. The molecule has 0 spiro atoms. The summed E-state index contributed by atoms with van der Waals surface area (Å²) >= 11 is 1.48. The Morgan fingerprint density at radius 2 is 2.06 bits per heavy atom. The molecule has 0 saturated heterocycles. The third kappa shape index (κ3) is 3.56. The largest absolute Gasteiger partial charge is 0.481 e. The third-order valence-electron chi connectivity index (χ3n) is 2.54. The highest BCUT2D eigenvalue weighted by molar-refractivity contribution is 7.08. The van der Waals surface area contributed by atoms with Crippen LogP contribution in [0.5, 0.6) is 0 Å². The van der Waals surface area contributed by atoms with Gasteiger partial charge >= 0.3 is 5.97 Å². The molecule has 0 fully saturated rings. The van der Waals surface area contributed by atoms with Crippen LogP contribution in [0, 0.1) is 6.92 Å². The lowest BCUT2D eigenvalue weighted by molar-refractivity contribution is -0.137. The van der Waals surface area contributed by atoms with Crippen LogP contribution < -0.4 is 0 Å². The van der Waals surface area contributed by atoms with E-state index >= 15 is 0 Å². The van der Waals surface area contributed by atoms with Crippen molar-refractivity contribution >= 4 is 23.2 Å². The molecular weight excluding hydrogens is 238 g/mol. The highest BCUT2D eigenvalue weighted by Gasteiger charge is 2.21. The summed E-state index contributed by atoms with van der Waals surface area (Å²) in [4.78, 5) is 24.4. The lowest BCUT2D eigenvalue weighted by Gasteiger charge is -2.26. The average Bonchev–Trinajstić information content (AvgIpc) is 2.63. The summed E-state index contributed by atoms with van der Waals surface area (Å²) in [7, 11) is 0. The predicted octanol–water partition coefficient (Wildman–Crippen LogP) is 2.38. The number of hydrogen-bond acceptors (Lipinski definition) is 3. The van der Waals surface area contributed by atoms with E-state index in [9.17, 15) is 9.59 Å². The van der Waals surface area contributed by atoms with E-state index in [4.69, 9.17) is 5.11 Å². The molecule has 1 rings (SSSR count). The molecule has 17 heavy (non-hydrogen) atoms. The van der Waals surface area contributed by atoms with Gasteiger partial charge in [0.05, 0.1) is 12.0 Å². The van der Waals surface area contributed by atoms with E-state index in [0.717, 1.165) is 5.56 Å². The summed E-state index contributed by atoms with van der Waals surface area (Å²) in [6.07, 6.45) is -0.0207. The summed E-state index contributed by atoms with van der Waals surface area (Å²) in [5, 5.41) is 12.4. The number of amides is 1. The van der Waals surface area contributed by atoms with Gasteiger partial charge in [0.15, 0.2) is 0 Å². The standard InChI is InChI=1S/C12H17NO3S/c1-8(2)13(5-4-11(14)15)12(16)10-7-17-6-9(10)3/h6-8H,4-5H2,1-3H3,(H,14,15). The summed E-state index contributed by atoms with van der Waals surface area (Å²) in [5.41, 5.74) is 1.62. The van der Waals surface area contributed by atoms with E-state index in [1.165, 1.54) is 11.3 Å². The first-order valence-corrected chi connectivity index (χ1v) is 6.43. The van der Waals surface area contributed by atoms with Crippen molar-refractivity contribution < 1.29 is 14.7 Å². The zero-order chi connectivity index (χ0) is 13.0. The fourth-order valence-electron chi connectivity index (χ4n) is 1.54. The van der Waals surface area contributed by atoms with Gasteiger partial charge in [-0.2, -0.15) is 11.3 Å². The Kier molecular flexibility index (Phi) is 4.69. The van der Waals surface area contributed by atoms with Gasteiger partial charge in [-0.15, -0.1) is 0 Å². The van der Waals surface area contributed by atoms with Gasteiger partial charge in [0.1, 0.15) is 0 Å². The Bertz CT molecular complexity index is 412. The molecule has 1 amide bonds. The number of nitrogens with zero attached hydrogens (tertiary/aromatic N) is 1. The summed E-state index contributed by atoms with van der Waals surface area (Å²) in [5.74, 6) is -0.967. The van der Waals surface area contributed by atoms with Crippen LogP contribution in [0.4, 0.5) is 0 Å².